The maximum absolute atomic E-state index is 12.8. The number of fused-ring (bicyclic) bond motifs is 1. The second-order valence-electron chi connectivity index (χ2n) is 4.49. The Morgan fingerprint density at radius 1 is 1.14 bits per heavy atom. The van der Waals surface area contributed by atoms with Gasteiger partial charge in [0.05, 0.1) is 5.02 Å². The maximum Gasteiger partial charge on any atom is 0.280 e. The molecule has 1 heterocycles. The zero-order valence-corrected chi connectivity index (χ0v) is 11.8. The fourth-order valence-electron chi connectivity index (χ4n) is 1.96. The van der Waals surface area contributed by atoms with E-state index in [-0.39, 0.29) is 11.4 Å². The summed E-state index contributed by atoms with van der Waals surface area (Å²) >= 11 is 5.96. The van der Waals surface area contributed by atoms with Crippen LogP contribution in [-0.4, -0.2) is 21.2 Å². The van der Waals surface area contributed by atoms with Crippen LogP contribution in [0.4, 0.5) is 10.1 Å². The highest BCUT2D eigenvalue weighted by Crippen LogP contribution is 2.29. The Hall–Kier alpha value is -2.73. The van der Waals surface area contributed by atoms with Crippen LogP contribution in [0.2, 0.25) is 5.02 Å². The summed E-state index contributed by atoms with van der Waals surface area (Å²) in [5.74, 6) is -1.38. The lowest BCUT2D eigenvalue weighted by Gasteiger charge is -2.08. The predicted octanol–water partition coefficient (Wildman–Crippen LogP) is 3.38. The van der Waals surface area contributed by atoms with E-state index in [2.05, 4.69) is 15.5 Å². The third-order valence-electron chi connectivity index (χ3n) is 3.03. The molecule has 0 bridgehead atoms. The van der Waals surface area contributed by atoms with Crippen molar-refractivity contribution in [1.29, 1.82) is 0 Å². The predicted molar refractivity (Wildman–Crippen MR) is 80.6 cm³/mol. The number of hydrogen-bond donors (Lipinski definition) is 2. The highest BCUT2D eigenvalue weighted by molar-refractivity contribution is 6.35. The van der Waals surface area contributed by atoms with Gasteiger partial charge in [-0.2, -0.15) is 0 Å². The van der Waals surface area contributed by atoms with Crippen molar-refractivity contribution >= 4 is 34.1 Å². The van der Waals surface area contributed by atoms with Gasteiger partial charge in [0.1, 0.15) is 11.3 Å². The zero-order valence-electron chi connectivity index (χ0n) is 11.0. The van der Waals surface area contributed by atoms with Crippen LogP contribution in [0.3, 0.4) is 0 Å². The summed E-state index contributed by atoms with van der Waals surface area (Å²) in [7, 11) is 0. The van der Waals surface area contributed by atoms with Crippen molar-refractivity contribution in [3.63, 3.8) is 0 Å². The van der Waals surface area contributed by atoms with Crippen LogP contribution in [0.1, 0.15) is 10.5 Å². The first kappa shape index (κ1) is 14.2. The molecular formula is C15H9ClFN3O2. The van der Waals surface area contributed by atoms with E-state index in [1.807, 2.05) is 0 Å². The van der Waals surface area contributed by atoms with Crippen molar-refractivity contribution in [2.45, 2.75) is 0 Å². The first-order valence-electron chi connectivity index (χ1n) is 6.27. The number of carbonyl (C=O) groups excluding carboxylic acids is 1. The molecule has 2 aromatic carbocycles. The van der Waals surface area contributed by atoms with E-state index in [1.54, 1.807) is 18.2 Å². The number of hydrogen-bond acceptors (Lipinski definition) is 4. The Bertz CT molecular complexity index is 869. The average Bonchev–Trinajstić information content (AvgIpc) is 2.51. The van der Waals surface area contributed by atoms with Crippen molar-refractivity contribution in [1.82, 2.24) is 10.2 Å². The number of anilines is 1. The smallest absolute Gasteiger partial charge is 0.280 e. The monoisotopic (exact) mass is 317 g/mol. The van der Waals surface area contributed by atoms with Crippen molar-refractivity contribution in [3.8, 4) is 5.75 Å². The highest BCUT2D eigenvalue weighted by Gasteiger charge is 2.18. The van der Waals surface area contributed by atoms with E-state index in [1.165, 1.54) is 24.3 Å². The van der Waals surface area contributed by atoms with Gasteiger partial charge in [-0.05, 0) is 36.4 Å². The first-order chi connectivity index (χ1) is 10.6. The maximum atomic E-state index is 12.8. The molecule has 3 aromatic rings. The van der Waals surface area contributed by atoms with Gasteiger partial charge in [0.25, 0.3) is 5.91 Å². The Morgan fingerprint density at radius 3 is 2.59 bits per heavy atom. The molecule has 0 aliphatic heterocycles. The molecule has 22 heavy (non-hydrogen) atoms. The molecule has 110 valence electrons. The molecule has 7 heteroatoms. The third kappa shape index (κ3) is 2.56. The lowest BCUT2D eigenvalue weighted by atomic mass is 10.2. The number of carbonyl (C=O) groups is 1. The van der Waals surface area contributed by atoms with Gasteiger partial charge in [0.15, 0.2) is 11.4 Å². The van der Waals surface area contributed by atoms with Gasteiger partial charge in [0, 0.05) is 11.1 Å². The molecule has 5 nitrogen and oxygen atoms in total. The fourth-order valence-corrected chi connectivity index (χ4v) is 2.17. The molecule has 0 unspecified atom stereocenters. The summed E-state index contributed by atoms with van der Waals surface area (Å²) in [5, 5.41) is 20.9. The summed E-state index contributed by atoms with van der Waals surface area (Å²) < 4.78 is 12.8. The van der Waals surface area contributed by atoms with Crippen molar-refractivity contribution in [2.24, 2.45) is 0 Å². The summed E-state index contributed by atoms with van der Waals surface area (Å²) in [6, 6.07) is 10.0. The zero-order chi connectivity index (χ0) is 15.7. The van der Waals surface area contributed by atoms with Crippen LogP contribution in [0.15, 0.2) is 42.5 Å². The number of nitrogens with one attached hydrogen (secondary N) is 1. The summed E-state index contributed by atoms with van der Waals surface area (Å²) in [6.07, 6.45) is 0. The number of rotatable bonds is 2. The molecule has 0 fully saturated rings. The van der Waals surface area contributed by atoms with E-state index >= 15 is 0 Å². The third-order valence-corrected chi connectivity index (χ3v) is 3.34. The summed E-state index contributed by atoms with van der Waals surface area (Å²) in [4.78, 5) is 12.1. The molecule has 0 radical (unpaired) electrons. The molecule has 0 atom stereocenters. The normalized spacial score (nSPS) is 10.6. The van der Waals surface area contributed by atoms with Crippen molar-refractivity contribution in [3.05, 3.63) is 59.0 Å². The Kier molecular flexibility index (Phi) is 3.60. The lowest BCUT2D eigenvalue weighted by Crippen LogP contribution is -2.14. The topological polar surface area (TPSA) is 75.1 Å². The van der Waals surface area contributed by atoms with Gasteiger partial charge in [-0.1, -0.05) is 17.7 Å². The molecule has 0 saturated carbocycles. The summed E-state index contributed by atoms with van der Waals surface area (Å²) in [6.45, 7) is 0. The van der Waals surface area contributed by atoms with E-state index < -0.39 is 11.7 Å². The molecule has 0 saturated heterocycles. The number of aromatic hydroxyl groups is 1. The van der Waals surface area contributed by atoms with Gasteiger partial charge in [-0.15, -0.1) is 10.2 Å². The van der Waals surface area contributed by atoms with Gasteiger partial charge in [-0.25, -0.2) is 4.39 Å². The van der Waals surface area contributed by atoms with Crippen molar-refractivity contribution in [2.75, 3.05) is 5.32 Å². The van der Waals surface area contributed by atoms with Crippen LogP contribution in [-0.2, 0) is 0 Å². The number of aromatic nitrogens is 2. The van der Waals surface area contributed by atoms with E-state index in [0.717, 1.165) is 0 Å². The number of nitrogens with zero attached hydrogens (tertiary/aromatic N) is 2. The quantitative estimate of drug-likeness (QED) is 0.759. The van der Waals surface area contributed by atoms with Gasteiger partial charge >= 0.3 is 0 Å². The van der Waals surface area contributed by atoms with Crippen LogP contribution in [0.5, 0.6) is 5.75 Å². The van der Waals surface area contributed by atoms with Crippen molar-refractivity contribution < 1.29 is 14.3 Å². The van der Waals surface area contributed by atoms with Crippen LogP contribution in [0, 0.1) is 5.82 Å². The van der Waals surface area contributed by atoms with E-state index in [0.29, 0.717) is 21.6 Å². The number of benzene rings is 2. The minimum atomic E-state index is -0.654. The molecule has 1 amide bonds. The molecular weight excluding hydrogens is 309 g/mol. The molecule has 0 spiro atoms. The van der Waals surface area contributed by atoms with Crippen LogP contribution in [0.25, 0.3) is 10.9 Å². The standard InChI is InChI=1S/C15H9ClFN3O2/c16-11-3-1-2-10-12(11)19-20-13(14(10)21)15(22)18-9-6-4-8(17)5-7-9/h1-7H,(H,18,22)(H,19,21). The van der Waals surface area contributed by atoms with Crippen LogP contribution < -0.4 is 5.32 Å². The van der Waals surface area contributed by atoms with E-state index in [9.17, 15) is 14.3 Å². The van der Waals surface area contributed by atoms with Gasteiger partial charge in [0.2, 0.25) is 0 Å². The Balaban J connectivity index is 1.97. The molecule has 0 aliphatic carbocycles. The van der Waals surface area contributed by atoms with E-state index in [4.69, 9.17) is 11.6 Å². The average molecular weight is 318 g/mol. The number of amides is 1. The minimum Gasteiger partial charge on any atom is -0.505 e. The Labute approximate surface area is 129 Å². The minimum absolute atomic E-state index is 0.237. The van der Waals surface area contributed by atoms with Gasteiger partial charge < -0.3 is 10.4 Å². The SMILES string of the molecule is O=C(Nc1ccc(F)cc1)c1nnc2c(Cl)cccc2c1O. The second kappa shape index (κ2) is 5.57. The highest BCUT2D eigenvalue weighted by atomic mass is 35.5. The Morgan fingerprint density at radius 2 is 1.86 bits per heavy atom. The van der Waals surface area contributed by atoms with Gasteiger partial charge in [-0.3, -0.25) is 4.79 Å². The number of halogens is 2. The molecule has 1 aromatic heterocycles. The summed E-state index contributed by atoms with van der Waals surface area (Å²) in [5.41, 5.74) is 0.442. The largest absolute Gasteiger partial charge is 0.505 e. The molecule has 2 N–H and O–H groups in total. The lowest BCUT2D eigenvalue weighted by molar-refractivity contribution is 0.101. The molecule has 0 aliphatic rings. The fraction of sp³-hybridized carbons (Fsp3) is 0. The molecule has 3 rings (SSSR count). The second-order valence-corrected chi connectivity index (χ2v) is 4.90. The first-order valence-corrected chi connectivity index (χ1v) is 6.65. The van der Waals surface area contributed by atoms with Crippen LogP contribution >= 0.6 is 11.6 Å².